The predicted octanol–water partition coefficient (Wildman–Crippen LogP) is 4.83. The van der Waals surface area contributed by atoms with Crippen molar-refractivity contribution in [3.8, 4) is 17.1 Å². The van der Waals surface area contributed by atoms with Crippen LogP contribution in [0.1, 0.15) is 32.0 Å². The molecule has 0 atom stereocenters. The molecule has 5 rings (SSSR count). The van der Waals surface area contributed by atoms with E-state index in [1.165, 1.54) is 12.4 Å². The minimum absolute atomic E-state index is 0.337. The van der Waals surface area contributed by atoms with Crippen molar-refractivity contribution in [1.82, 2.24) is 19.9 Å². The fourth-order valence-electron chi connectivity index (χ4n) is 4.19. The average Bonchev–Trinajstić information content (AvgIpc) is 2.85. The Morgan fingerprint density at radius 1 is 0.971 bits per heavy atom. The Kier molecular flexibility index (Phi) is 6.30. The van der Waals surface area contributed by atoms with Gasteiger partial charge in [-0.1, -0.05) is 6.07 Å². The highest BCUT2D eigenvalue weighted by Gasteiger charge is 2.19. The Balaban J connectivity index is 1.49. The molecule has 0 aliphatic carbocycles. The van der Waals surface area contributed by atoms with Gasteiger partial charge in [-0.2, -0.15) is 0 Å². The lowest BCUT2D eigenvalue weighted by molar-refractivity contribution is 0.121. The third-order valence-electron chi connectivity index (χ3n) is 5.79. The van der Waals surface area contributed by atoms with Crippen molar-refractivity contribution >= 4 is 16.6 Å². The molecule has 4 aromatic rings. The molecule has 1 saturated heterocycles. The highest BCUT2D eigenvalue weighted by Crippen LogP contribution is 2.31. The summed E-state index contributed by atoms with van der Waals surface area (Å²) in [5.41, 5.74) is 4.02. The van der Waals surface area contributed by atoms with Gasteiger partial charge in [-0.05, 0) is 56.7 Å². The third-order valence-corrected chi connectivity index (χ3v) is 5.79. The van der Waals surface area contributed by atoms with Gasteiger partial charge in [0.2, 0.25) is 5.88 Å². The van der Waals surface area contributed by atoms with Crippen LogP contribution in [-0.2, 0) is 11.2 Å². The molecule has 8 heteroatoms. The fourth-order valence-corrected chi connectivity index (χ4v) is 4.19. The van der Waals surface area contributed by atoms with Gasteiger partial charge in [-0.15, -0.1) is 0 Å². The molecule has 0 unspecified atom stereocenters. The van der Waals surface area contributed by atoms with Crippen LogP contribution in [0.25, 0.3) is 22.2 Å². The Labute approximate surface area is 204 Å². The number of halogens is 1. The minimum Gasteiger partial charge on any atom is -0.471 e. The Bertz CT molecular complexity index is 1350. The van der Waals surface area contributed by atoms with E-state index < -0.39 is 5.60 Å². The van der Waals surface area contributed by atoms with Crippen LogP contribution in [0.2, 0.25) is 0 Å². The van der Waals surface area contributed by atoms with E-state index in [1.54, 1.807) is 18.5 Å². The second-order valence-electron chi connectivity index (χ2n) is 9.54. The Hall–Kier alpha value is -3.65. The molecule has 0 radical (unpaired) electrons. The summed E-state index contributed by atoms with van der Waals surface area (Å²) < 4.78 is 26.5. The largest absolute Gasteiger partial charge is 0.471 e. The van der Waals surface area contributed by atoms with Crippen molar-refractivity contribution in [2.45, 2.75) is 32.8 Å². The number of anilines is 1. The average molecular weight is 474 g/mol. The third kappa shape index (κ3) is 5.22. The molecule has 1 aliphatic heterocycles. The molecule has 7 nitrogen and oxygen atoms in total. The number of rotatable bonds is 5. The normalized spacial score (nSPS) is 14.3. The second kappa shape index (κ2) is 9.54. The van der Waals surface area contributed by atoms with Gasteiger partial charge in [0.1, 0.15) is 23.4 Å². The first-order chi connectivity index (χ1) is 16.9. The number of hydrogen-bond acceptors (Lipinski definition) is 7. The van der Waals surface area contributed by atoms with Gasteiger partial charge in [-0.3, -0.25) is 4.98 Å². The van der Waals surface area contributed by atoms with Gasteiger partial charge in [0.25, 0.3) is 0 Å². The van der Waals surface area contributed by atoms with Gasteiger partial charge < -0.3 is 14.4 Å². The van der Waals surface area contributed by atoms with Gasteiger partial charge in [-0.25, -0.2) is 19.3 Å². The summed E-state index contributed by atoms with van der Waals surface area (Å²) in [6, 6.07) is 11.1. The molecule has 35 heavy (non-hydrogen) atoms. The van der Waals surface area contributed by atoms with Crippen LogP contribution in [-0.4, -0.2) is 51.8 Å². The van der Waals surface area contributed by atoms with Crippen LogP contribution in [0.5, 0.6) is 5.88 Å². The number of benzene rings is 2. The molecule has 2 aromatic carbocycles. The van der Waals surface area contributed by atoms with Gasteiger partial charge in [0, 0.05) is 48.5 Å². The summed E-state index contributed by atoms with van der Waals surface area (Å²) >= 11 is 0. The summed E-state index contributed by atoms with van der Waals surface area (Å²) in [6.07, 6.45) is 5.19. The molecule has 180 valence electrons. The number of ether oxygens (including phenoxy) is 2. The van der Waals surface area contributed by atoms with E-state index in [0.717, 1.165) is 35.2 Å². The fraction of sp³-hybridized carbons (Fsp3) is 0.333. The molecule has 0 N–H and O–H groups in total. The lowest BCUT2D eigenvalue weighted by atomic mass is 10.0. The van der Waals surface area contributed by atoms with Crippen LogP contribution >= 0.6 is 0 Å². The molecule has 0 spiro atoms. The maximum atomic E-state index is 15.1. The van der Waals surface area contributed by atoms with E-state index in [0.29, 0.717) is 42.5 Å². The van der Waals surface area contributed by atoms with Crippen molar-refractivity contribution in [3.63, 3.8) is 0 Å². The monoisotopic (exact) mass is 473 g/mol. The zero-order valence-electron chi connectivity index (χ0n) is 20.2. The molecular weight excluding hydrogens is 445 g/mol. The van der Waals surface area contributed by atoms with Crippen LogP contribution in [0.4, 0.5) is 10.1 Å². The summed E-state index contributed by atoms with van der Waals surface area (Å²) in [4.78, 5) is 20.0. The van der Waals surface area contributed by atoms with Gasteiger partial charge in [0.15, 0.2) is 0 Å². The van der Waals surface area contributed by atoms with Crippen molar-refractivity contribution in [2.75, 3.05) is 31.2 Å². The maximum Gasteiger partial charge on any atom is 0.236 e. The number of aromatic nitrogens is 4. The summed E-state index contributed by atoms with van der Waals surface area (Å²) in [5, 5.41) is 0.803. The molecule has 0 bridgehead atoms. The first-order valence-corrected chi connectivity index (χ1v) is 11.7. The highest BCUT2D eigenvalue weighted by atomic mass is 19.1. The number of nitrogens with zero attached hydrogens (tertiary/aromatic N) is 5. The SMILES string of the molecule is CC(C)(C)Oc1nccnc1Cc1ccc(F)c(-c2ncnc3cc(N4CCOCC4)ccc23)c1. The van der Waals surface area contributed by atoms with Crippen molar-refractivity contribution < 1.29 is 13.9 Å². The molecule has 1 aliphatic rings. The van der Waals surface area contributed by atoms with Gasteiger partial charge in [0.05, 0.1) is 24.4 Å². The number of fused-ring (bicyclic) bond motifs is 1. The van der Waals surface area contributed by atoms with Gasteiger partial charge >= 0.3 is 0 Å². The van der Waals surface area contributed by atoms with E-state index in [1.807, 2.05) is 45.0 Å². The van der Waals surface area contributed by atoms with E-state index in [-0.39, 0.29) is 5.82 Å². The van der Waals surface area contributed by atoms with E-state index in [2.05, 4.69) is 24.8 Å². The van der Waals surface area contributed by atoms with Crippen LogP contribution in [0, 0.1) is 5.82 Å². The highest BCUT2D eigenvalue weighted by molar-refractivity contribution is 5.94. The van der Waals surface area contributed by atoms with Crippen molar-refractivity contribution in [1.29, 1.82) is 0 Å². The quantitative estimate of drug-likeness (QED) is 0.411. The van der Waals surface area contributed by atoms with E-state index >= 15 is 4.39 Å². The first kappa shape index (κ1) is 23.1. The first-order valence-electron chi connectivity index (χ1n) is 11.7. The smallest absolute Gasteiger partial charge is 0.236 e. The lowest BCUT2D eigenvalue weighted by Crippen LogP contribution is -2.36. The van der Waals surface area contributed by atoms with Crippen LogP contribution in [0.3, 0.4) is 0 Å². The van der Waals surface area contributed by atoms with Crippen LogP contribution in [0.15, 0.2) is 55.1 Å². The standard InChI is InChI=1S/C27H28FN5O2/c1-27(2,3)35-26-24(29-8-9-30-26)15-18-4-7-22(28)21(14-18)25-20-6-5-19(16-23(20)31-17-32-25)33-10-12-34-13-11-33/h4-9,14,16-17H,10-13,15H2,1-3H3. The van der Waals surface area contributed by atoms with E-state index in [4.69, 9.17) is 9.47 Å². The zero-order valence-corrected chi connectivity index (χ0v) is 20.2. The minimum atomic E-state index is -0.404. The zero-order chi connectivity index (χ0) is 24.4. The van der Waals surface area contributed by atoms with Crippen molar-refractivity contribution in [3.05, 3.63) is 72.2 Å². The van der Waals surface area contributed by atoms with E-state index in [9.17, 15) is 0 Å². The molecule has 0 saturated carbocycles. The van der Waals surface area contributed by atoms with Crippen LogP contribution < -0.4 is 9.64 Å². The molecular formula is C27H28FN5O2. The number of hydrogen-bond donors (Lipinski definition) is 0. The summed E-state index contributed by atoms with van der Waals surface area (Å²) in [5.74, 6) is 0.144. The summed E-state index contributed by atoms with van der Waals surface area (Å²) in [7, 11) is 0. The Morgan fingerprint density at radius 3 is 2.57 bits per heavy atom. The molecule has 1 fully saturated rings. The topological polar surface area (TPSA) is 73.3 Å². The number of morpholine rings is 1. The summed E-state index contributed by atoms with van der Waals surface area (Å²) in [6.45, 7) is 8.98. The molecule has 3 heterocycles. The molecule has 0 amide bonds. The van der Waals surface area contributed by atoms with Crippen molar-refractivity contribution in [2.24, 2.45) is 0 Å². The predicted molar refractivity (Wildman–Crippen MR) is 133 cm³/mol. The molecule has 2 aromatic heterocycles. The Morgan fingerprint density at radius 2 is 1.77 bits per heavy atom. The second-order valence-corrected chi connectivity index (χ2v) is 9.54. The maximum absolute atomic E-state index is 15.1. The lowest BCUT2D eigenvalue weighted by Gasteiger charge is -2.29.